The van der Waals surface area contributed by atoms with Gasteiger partial charge in [-0.15, -0.1) is 0 Å². The van der Waals surface area contributed by atoms with E-state index in [0.29, 0.717) is 5.92 Å². The van der Waals surface area contributed by atoms with Gasteiger partial charge in [0.2, 0.25) is 0 Å². The fraction of sp³-hybridized carbons (Fsp3) is 0.625. The van der Waals surface area contributed by atoms with Crippen molar-refractivity contribution in [1.29, 1.82) is 0 Å². The van der Waals surface area contributed by atoms with Gasteiger partial charge in [0.25, 0.3) is 0 Å². The van der Waals surface area contributed by atoms with Crippen molar-refractivity contribution in [3.8, 4) is 0 Å². The topological polar surface area (TPSA) is 18.5 Å². The Bertz CT molecular complexity index is 345. The predicted octanol–water partition coefficient (Wildman–Crippen LogP) is 4.66. The first-order chi connectivity index (χ1) is 9.01. The molecule has 1 aliphatic heterocycles. The van der Waals surface area contributed by atoms with E-state index in [1.54, 1.807) is 0 Å². The second-order valence-corrected chi connectivity index (χ2v) is 6.17. The van der Waals surface area contributed by atoms with Gasteiger partial charge in [0.1, 0.15) is 0 Å². The van der Waals surface area contributed by atoms with Crippen molar-refractivity contribution in [2.75, 3.05) is 4.43 Å². The highest BCUT2D eigenvalue weighted by Crippen LogP contribution is 2.17. The number of ether oxygens (including phenoxy) is 2. The number of hydrogen-bond donors (Lipinski definition) is 0. The van der Waals surface area contributed by atoms with E-state index in [1.807, 2.05) is 19.9 Å². The number of rotatable bonds is 6. The summed E-state index contributed by atoms with van der Waals surface area (Å²) in [6, 6.07) is 0. The van der Waals surface area contributed by atoms with Crippen molar-refractivity contribution in [3.63, 3.8) is 0 Å². The van der Waals surface area contributed by atoms with Crippen LogP contribution in [0.2, 0.25) is 0 Å². The quantitative estimate of drug-likeness (QED) is 0.291. The van der Waals surface area contributed by atoms with Crippen LogP contribution in [0.3, 0.4) is 0 Å². The molecule has 108 valence electrons. The normalized spacial score (nSPS) is 26.3. The molecule has 0 amide bonds. The SMILES string of the molecule is CC(=C/[C@H](C)CI)/C=C/[C@H]1CC=C[C@H](OC(C)C)O1. The minimum absolute atomic E-state index is 0.118. The second-order valence-electron chi connectivity index (χ2n) is 5.29. The van der Waals surface area contributed by atoms with Crippen molar-refractivity contribution < 1.29 is 9.47 Å². The Labute approximate surface area is 131 Å². The van der Waals surface area contributed by atoms with E-state index in [0.717, 1.165) is 10.8 Å². The lowest BCUT2D eigenvalue weighted by atomic mass is 10.1. The third-order valence-corrected chi connectivity index (χ3v) is 4.13. The van der Waals surface area contributed by atoms with Crippen LogP contribution in [0.5, 0.6) is 0 Å². The molecule has 3 heteroatoms. The lowest BCUT2D eigenvalue weighted by molar-refractivity contribution is -0.154. The Morgan fingerprint density at radius 2 is 2.21 bits per heavy atom. The minimum atomic E-state index is -0.207. The molecule has 0 fully saturated rings. The van der Waals surface area contributed by atoms with Crippen LogP contribution >= 0.6 is 22.6 Å². The highest BCUT2D eigenvalue weighted by atomic mass is 127. The number of halogens is 1. The van der Waals surface area contributed by atoms with Crippen molar-refractivity contribution in [3.05, 3.63) is 36.0 Å². The van der Waals surface area contributed by atoms with Crippen LogP contribution in [-0.2, 0) is 9.47 Å². The van der Waals surface area contributed by atoms with E-state index < -0.39 is 0 Å². The van der Waals surface area contributed by atoms with Crippen molar-refractivity contribution in [2.24, 2.45) is 5.92 Å². The average molecular weight is 376 g/mol. The molecule has 0 aliphatic carbocycles. The fourth-order valence-electron chi connectivity index (χ4n) is 1.87. The van der Waals surface area contributed by atoms with Crippen molar-refractivity contribution in [2.45, 2.75) is 52.6 Å². The van der Waals surface area contributed by atoms with E-state index in [9.17, 15) is 0 Å². The molecule has 0 bridgehead atoms. The lowest BCUT2D eigenvalue weighted by Crippen LogP contribution is -2.27. The van der Waals surface area contributed by atoms with E-state index in [-0.39, 0.29) is 18.5 Å². The molecular weight excluding hydrogens is 351 g/mol. The molecule has 0 aromatic carbocycles. The monoisotopic (exact) mass is 376 g/mol. The van der Waals surface area contributed by atoms with Gasteiger partial charge in [0.15, 0.2) is 6.29 Å². The molecular formula is C16H25IO2. The summed E-state index contributed by atoms with van der Waals surface area (Å²) >= 11 is 2.41. The molecule has 0 spiro atoms. The van der Waals surface area contributed by atoms with Gasteiger partial charge in [0.05, 0.1) is 12.2 Å². The Morgan fingerprint density at radius 3 is 2.84 bits per heavy atom. The molecule has 0 radical (unpaired) electrons. The van der Waals surface area contributed by atoms with Gasteiger partial charge in [-0.25, -0.2) is 0 Å². The Balaban J connectivity index is 2.49. The molecule has 1 aliphatic rings. The zero-order chi connectivity index (χ0) is 14.3. The Hall–Kier alpha value is -0.130. The summed E-state index contributed by atoms with van der Waals surface area (Å²) in [6.07, 6.45) is 11.7. The van der Waals surface area contributed by atoms with Crippen LogP contribution < -0.4 is 0 Å². The van der Waals surface area contributed by atoms with Crippen LogP contribution in [0.15, 0.2) is 36.0 Å². The first-order valence-electron chi connectivity index (χ1n) is 6.91. The third-order valence-electron chi connectivity index (χ3n) is 2.74. The third kappa shape index (κ3) is 7.28. The maximum absolute atomic E-state index is 5.85. The molecule has 0 aromatic heterocycles. The van der Waals surface area contributed by atoms with Crippen molar-refractivity contribution >= 4 is 22.6 Å². The number of alkyl halides is 1. The van der Waals surface area contributed by atoms with Gasteiger partial charge < -0.3 is 9.47 Å². The van der Waals surface area contributed by atoms with E-state index >= 15 is 0 Å². The number of allylic oxidation sites excluding steroid dienone is 3. The van der Waals surface area contributed by atoms with Crippen molar-refractivity contribution in [1.82, 2.24) is 0 Å². The predicted molar refractivity (Wildman–Crippen MR) is 89.6 cm³/mol. The largest absolute Gasteiger partial charge is 0.346 e. The standard InChI is InChI=1S/C16H25IO2/c1-12(2)18-16-7-5-6-15(19-16)9-8-13(3)10-14(4)11-17/h5,7-10,12,14-16H,6,11H2,1-4H3/b9-8+,13-10-/t14-,15+,16+/m0/s1. The first-order valence-corrected chi connectivity index (χ1v) is 8.44. The van der Waals surface area contributed by atoms with Gasteiger partial charge in [-0.05, 0) is 39.2 Å². The van der Waals surface area contributed by atoms with E-state index in [2.05, 4.69) is 60.7 Å². The summed E-state index contributed by atoms with van der Waals surface area (Å²) in [7, 11) is 0. The summed E-state index contributed by atoms with van der Waals surface area (Å²) in [4.78, 5) is 0. The minimum Gasteiger partial charge on any atom is -0.346 e. The van der Waals surface area contributed by atoms with E-state index in [4.69, 9.17) is 9.47 Å². The molecule has 0 saturated heterocycles. The molecule has 0 N–H and O–H groups in total. The number of hydrogen-bond acceptors (Lipinski definition) is 2. The first kappa shape index (κ1) is 16.9. The van der Waals surface area contributed by atoms with Gasteiger partial charge in [-0.2, -0.15) is 0 Å². The molecule has 19 heavy (non-hydrogen) atoms. The molecule has 1 heterocycles. The maximum Gasteiger partial charge on any atom is 0.177 e. The Morgan fingerprint density at radius 1 is 1.47 bits per heavy atom. The summed E-state index contributed by atoms with van der Waals surface area (Å²) in [6.45, 7) is 8.42. The summed E-state index contributed by atoms with van der Waals surface area (Å²) in [5, 5.41) is 0. The summed E-state index contributed by atoms with van der Waals surface area (Å²) in [5.41, 5.74) is 1.30. The average Bonchev–Trinajstić information content (AvgIpc) is 2.36. The van der Waals surface area contributed by atoms with Gasteiger partial charge in [-0.3, -0.25) is 0 Å². The van der Waals surface area contributed by atoms with Crippen LogP contribution in [0.25, 0.3) is 0 Å². The van der Waals surface area contributed by atoms with Crippen LogP contribution in [-0.4, -0.2) is 22.9 Å². The molecule has 3 atom stereocenters. The zero-order valence-electron chi connectivity index (χ0n) is 12.3. The van der Waals surface area contributed by atoms with Gasteiger partial charge in [0, 0.05) is 4.43 Å². The van der Waals surface area contributed by atoms with Crippen LogP contribution in [0.1, 0.15) is 34.1 Å². The molecule has 0 aromatic rings. The molecule has 0 saturated carbocycles. The second kappa shape index (κ2) is 8.93. The highest BCUT2D eigenvalue weighted by Gasteiger charge is 2.17. The molecule has 0 unspecified atom stereocenters. The Kier molecular flexibility index (Phi) is 7.95. The van der Waals surface area contributed by atoms with E-state index in [1.165, 1.54) is 5.57 Å². The molecule has 1 rings (SSSR count). The summed E-state index contributed by atoms with van der Waals surface area (Å²) in [5.74, 6) is 0.620. The lowest BCUT2D eigenvalue weighted by Gasteiger charge is -2.25. The fourth-order valence-corrected chi connectivity index (χ4v) is 2.13. The highest BCUT2D eigenvalue weighted by molar-refractivity contribution is 14.1. The van der Waals surface area contributed by atoms with Crippen LogP contribution in [0, 0.1) is 5.92 Å². The zero-order valence-corrected chi connectivity index (χ0v) is 14.5. The van der Waals surface area contributed by atoms with Gasteiger partial charge in [-0.1, -0.05) is 59.4 Å². The van der Waals surface area contributed by atoms with Crippen LogP contribution in [0.4, 0.5) is 0 Å². The molecule has 2 nitrogen and oxygen atoms in total. The summed E-state index contributed by atoms with van der Waals surface area (Å²) < 4.78 is 12.7. The smallest absolute Gasteiger partial charge is 0.177 e. The maximum atomic E-state index is 5.85. The van der Waals surface area contributed by atoms with Gasteiger partial charge >= 0.3 is 0 Å².